The molecular formula is C23H17FN2O7. The lowest BCUT2D eigenvalue weighted by Crippen LogP contribution is -2.29. The Morgan fingerprint density at radius 3 is 2.64 bits per heavy atom. The molecule has 10 heteroatoms. The van der Waals surface area contributed by atoms with E-state index in [1.807, 2.05) is 0 Å². The van der Waals surface area contributed by atoms with Crippen LogP contribution in [0.2, 0.25) is 0 Å². The molecule has 9 nitrogen and oxygen atoms in total. The van der Waals surface area contributed by atoms with Crippen LogP contribution in [0.1, 0.15) is 22.9 Å². The van der Waals surface area contributed by atoms with E-state index in [1.165, 1.54) is 49.8 Å². The number of aliphatic hydroxyl groups excluding tert-OH is 1. The van der Waals surface area contributed by atoms with E-state index in [2.05, 4.69) is 0 Å². The molecule has 1 fully saturated rings. The summed E-state index contributed by atoms with van der Waals surface area (Å²) in [6.45, 7) is -0.126. The van der Waals surface area contributed by atoms with E-state index in [9.17, 15) is 29.2 Å². The van der Waals surface area contributed by atoms with Crippen molar-refractivity contribution in [2.75, 3.05) is 7.11 Å². The number of methoxy groups -OCH3 is 1. The number of halogens is 1. The van der Waals surface area contributed by atoms with Crippen LogP contribution in [0.25, 0.3) is 5.76 Å². The van der Waals surface area contributed by atoms with E-state index in [4.69, 9.17) is 9.15 Å². The number of nitrogens with zero attached hydrogens (tertiary/aromatic N) is 2. The Hall–Kier alpha value is -4.47. The first-order valence-electron chi connectivity index (χ1n) is 9.71. The van der Waals surface area contributed by atoms with Gasteiger partial charge in [0.1, 0.15) is 11.5 Å². The molecular weight excluding hydrogens is 435 g/mol. The largest absolute Gasteiger partial charge is 0.507 e. The molecule has 1 amide bonds. The highest BCUT2D eigenvalue weighted by Crippen LogP contribution is 2.41. The number of rotatable bonds is 6. The van der Waals surface area contributed by atoms with Crippen molar-refractivity contribution in [3.63, 3.8) is 0 Å². The topological polar surface area (TPSA) is 123 Å². The first-order valence-corrected chi connectivity index (χ1v) is 9.71. The zero-order valence-electron chi connectivity index (χ0n) is 17.2. The van der Waals surface area contributed by atoms with Gasteiger partial charge in [-0.15, -0.1) is 0 Å². The molecule has 1 atom stereocenters. The van der Waals surface area contributed by atoms with Gasteiger partial charge in [-0.1, -0.05) is 12.1 Å². The smallest absolute Gasteiger partial charge is 0.296 e. The average molecular weight is 452 g/mol. The summed E-state index contributed by atoms with van der Waals surface area (Å²) in [5.74, 6) is -3.04. The molecule has 0 spiro atoms. The highest BCUT2D eigenvalue weighted by atomic mass is 19.1. The molecule has 0 aliphatic carbocycles. The van der Waals surface area contributed by atoms with Crippen LogP contribution in [0.5, 0.6) is 5.75 Å². The van der Waals surface area contributed by atoms with Crippen molar-refractivity contribution in [3.05, 3.63) is 99.3 Å². The van der Waals surface area contributed by atoms with Gasteiger partial charge in [-0.2, -0.15) is 0 Å². The Kier molecular flexibility index (Phi) is 5.65. The summed E-state index contributed by atoms with van der Waals surface area (Å²) >= 11 is 0. The number of carbonyl (C=O) groups is 2. The van der Waals surface area contributed by atoms with Crippen LogP contribution in [0.15, 0.2) is 70.9 Å². The van der Waals surface area contributed by atoms with Crippen molar-refractivity contribution in [2.45, 2.75) is 12.6 Å². The van der Waals surface area contributed by atoms with E-state index in [1.54, 1.807) is 12.1 Å². The molecule has 2 aromatic carbocycles. The molecule has 168 valence electrons. The molecule has 0 bridgehead atoms. The predicted octanol–water partition coefficient (Wildman–Crippen LogP) is 3.96. The minimum Gasteiger partial charge on any atom is -0.507 e. The molecule has 4 rings (SSSR count). The molecule has 0 saturated carbocycles. The average Bonchev–Trinajstić information content (AvgIpc) is 3.41. The third kappa shape index (κ3) is 3.93. The van der Waals surface area contributed by atoms with Crippen molar-refractivity contribution >= 4 is 23.1 Å². The van der Waals surface area contributed by atoms with Gasteiger partial charge in [-0.3, -0.25) is 19.7 Å². The van der Waals surface area contributed by atoms with E-state index < -0.39 is 34.2 Å². The molecule has 1 aliphatic rings. The first kappa shape index (κ1) is 21.8. The van der Waals surface area contributed by atoms with E-state index >= 15 is 0 Å². The SMILES string of the molecule is COc1ccc(/C(O)=C2/C(=O)C(=O)N(Cc3ccco3)C2c2cccc([N+](=O)[O-])c2)cc1F. The number of likely N-dealkylation sites (tertiary alicyclic amines) is 1. The molecule has 1 saturated heterocycles. The van der Waals surface area contributed by atoms with Crippen LogP contribution >= 0.6 is 0 Å². The highest BCUT2D eigenvalue weighted by molar-refractivity contribution is 6.46. The summed E-state index contributed by atoms with van der Waals surface area (Å²) in [5, 5.41) is 22.3. The van der Waals surface area contributed by atoms with Gasteiger partial charge in [0.25, 0.3) is 17.4 Å². The quantitative estimate of drug-likeness (QED) is 0.197. The molecule has 2 heterocycles. The maximum absolute atomic E-state index is 14.3. The maximum atomic E-state index is 14.3. The van der Waals surface area contributed by atoms with Gasteiger partial charge < -0.3 is 19.2 Å². The van der Waals surface area contributed by atoms with Crippen molar-refractivity contribution in [1.82, 2.24) is 4.90 Å². The molecule has 33 heavy (non-hydrogen) atoms. The zero-order chi connectivity index (χ0) is 23.7. The minimum atomic E-state index is -1.17. The zero-order valence-corrected chi connectivity index (χ0v) is 17.2. The molecule has 1 unspecified atom stereocenters. The molecule has 0 radical (unpaired) electrons. The monoisotopic (exact) mass is 452 g/mol. The van der Waals surface area contributed by atoms with Gasteiger partial charge in [-0.05, 0) is 35.9 Å². The Balaban J connectivity index is 1.89. The summed E-state index contributed by atoms with van der Waals surface area (Å²) < 4.78 is 24.4. The predicted molar refractivity (Wildman–Crippen MR) is 113 cm³/mol. The number of ether oxygens (including phenoxy) is 1. The second-order valence-corrected chi connectivity index (χ2v) is 7.21. The number of hydrogen-bond acceptors (Lipinski definition) is 7. The number of carbonyl (C=O) groups excluding carboxylic acids is 2. The standard InChI is InChI=1S/C23H17FN2O7/c1-32-18-8-7-14(11-17(18)24)21(27)19-20(13-4-2-5-15(10-13)26(30)31)25(23(29)22(19)28)12-16-6-3-9-33-16/h2-11,20,27H,12H2,1H3/b21-19-. The lowest BCUT2D eigenvalue weighted by atomic mass is 9.95. The van der Waals surface area contributed by atoms with Crippen molar-refractivity contribution in [1.29, 1.82) is 0 Å². The lowest BCUT2D eigenvalue weighted by molar-refractivity contribution is -0.384. The number of non-ortho nitro benzene ring substituents is 1. The summed E-state index contributed by atoms with van der Waals surface area (Å²) in [5.41, 5.74) is -0.409. The van der Waals surface area contributed by atoms with Crippen LogP contribution < -0.4 is 4.74 Å². The molecule has 1 aliphatic heterocycles. The Labute approximate surface area is 186 Å². The lowest BCUT2D eigenvalue weighted by Gasteiger charge is -2.24. The van der Waals surface area contributed by atoms with E-state index in [0.717, 1.165) is 11.0 Å². The van der Waals surface area contributed by atoms with Crippen LogP contribution in [0, 0.1) is 15.9 Å². The molecule has 1 aromatic heterocycles. The number of nitro benzene ring substituents is 1. The number of furan rings is 1. The second-order valence-electron chi connectivity index (χ2n) is 7.21. The Bertz CT molecular complexity index is 1280. The number of aliphatic hydroxyl groups is 1. The summed E-state index contributed by atoms with van der Waals surface area (Å²) in [7, 11) is 1.28. The van der Waals surface area contributed by atoms with Crippen LogP contribution in [-0.4, -0.2) is 33.7 Å². The number of hydrogen-bond donors (Lipinski definition) is 1. The highest BCUT2D eigenvalue weighted by Gasteiger charge is 2.46. The van der Waals surface area contributed by atoms with Gasteiger partial charge in [0.2, 0.25) is 0 Å². The van der Waals surface area contributed by atoms with Gasteiger partial charge in [-0.25, -0.2) is 4.39 Å². The van der Waals surface area contributed by atoms with Crippen molar-refractivity contribution in [3.8, 4) is 5.75 Å². The van der Waals surface area contributed by atoms with Gasteiger partial charge in [0.05, 0.1) is 36.5 Å². The van der Waals surface area contributed by atoms with Crippen molar-refractivity contribution < 1.29 is 33.2 Å². The molecule has 1 N–H and O–H groups in total. The van der Waals surface area contributed by atoms with E-state index in [-0.39, 0.29) is 34.7 Å². The van der Waals surface area contributed by atoms with Gasteiger partial charge in [0, 0.05) is 17.7 Å². The summed E-state index contributed by atoms with van der Waals surface area (Å²) in [4.78, 5) is 37.7. The number of ketones is 1. The number of benzene rings is 2. The van der Waals surface area contributed by atoms with Crippen LogP contribution in [-0.2, 0) is 16.1 Å². The van der Waals surface area contributed by atoms with Crippen molar-refractivity contribution in [2.24, 2.45) is 0 Å². The third-order valence-electron chi connectivity index (χ3n) is 5.27. The number of nitro groups is 1. The van der Waals surface area contributed by atoms with Crippen LogP contribution in [0.4, 0.5) is 10.1 Å². The summed E-state index contributed by atoms with van der Waals surface area (Å²) in [6, 6.07) is 11.0. The first-order chi connectivity index (χ1) is 15.8. The Morgan fingerprint density at radius 2 is 2.00 bits per heavy atom. The fraction of sp³-hybridized carbons (Fsp3) is 0.130. The fourth-order valence-electron chi connectivity index (χ4n) is 3.74. The molecule has 3 aromatic rings. The third-order valence-corrected chi connectivity index (χ3v) is 5.27. The summed E-state index contributed by atoms with van der Waals surface area (Å²) in [6.07, 6.45) is 1.40. The normalized spacial score (nSPS) is 17.4. The maximum Gasteiger partial charge on any atom is 0.296 e. The van der Waals surface area contributed by atoms with Crippen LogP contribution in [0.3, 0.4) is 0 Å². The minimum absolute atomic E-state index is 0.0558. The Morgan fingerprint density at radius 1 is 1.21 bits per heavy atom. The fourth-order valence-corrected chi connectivity index (χ4v) is 3.74. The van der Waals surface area contributed by atoms with E-state index in [0.29, 0.717) is 5.76 Å². The number of Topliss-reactive ketones (excluding diaryl/α,β-unsaturated/α-hetero) is 1. The van der Waals surface area contributed by atoms with Gasteiger partial charge >= 0.3 is 0 Å². The van der Waals surface area contributed by atoms with Gasteiger partial charge in [0.15, 0.2) is 11.6 Å². The number of amides is 1. The second kappa shape index (κ2) is 8.58.